The van der Waals surface area contributed by atoms with Gasteiger partial charge in [0, 0.05) is 27.6 Å². The lowest BCUT2D eigenvalue weighted by molar-refractivity contribution is 0.445. The Balaban J connectivity index is 1.23. The Kier molecular flexibility index (Phi) is 9.21. The molecule has 8 aromatic carbocycles. The van der Waals surface area contributed by atoms with Crippen molar-refractivity contribution in [2.24, 2.45) is 0 Å². The summed E-state index contributed by atoms with van der Waals surface area (Å²) in [6.07, 6.45) is 6.47. The van der Waals surface area contributed by atoms with E-state index in [0.717, 1.165) is 50.1 Å². The first-order valence-electron chi connectivity index (χ1n) is 21.0. The van der Waals surface area contributed by atoms with Gasteiger partial charge in [0.05, 0.1) is 11.4 Å². The van der Waals surface area contributed by atoms with Crippen LogP contribution in [0.15, 0.2) is 180 Å². The third-order valence-electron chi connectivity index (χ3n) is 12.4. The molecular weight excluding hydrogens is 703 g/mol. The highest BCUT2D eigenvalue weighted by Crippen LogP contribution is 2.49. The maximum atomic E-state index is 6.24. The number of para-hydroxylation sites is 2. The zero-order valence-electron chi connectivity index (χ0n) is 33.7. The van der Waals surface area contributed by atoms with Gasteiger partial charge in [0.1, 0.15) is 11.2 Å². The van der Waals surface area contributed by atoms with Crippen LogP contribution in [-0.2, 0) is 5.41 Å². The van der Waals surface area contributed by atoms with Crippen LogP contribution in [0.5, 0.6) is 0 Å². The lowest BCUT2D eigenvalue weighted by Gasteiger charge is -2.32. The molecule has 0 unspecified atom stereocenters. The largest absolute Gasteiger partial charge is 0.456 e. The third kappa shape index (κ3) is 6.57. The molecule has 0 radical (unpaired) electrons. The summed E-state index contributed by atoms with van der Waals surface area (Å²) >= 11 is 0. The van der Waals surface area contributed by atoms with Gasteiger partial charge in [-0.2, -0.15) is 0 Å². The summed E-state index contributed by atoms with van der Waals surface area (Å²) in [7, 11) is 0. The normalized spacial score (nSPS) is 13.7. The lowest BCUT2D eigenvalue weighted by Crippen LogP contribution is -2.16. The highest BCUT2D eigenvalue weighted by molar-refractivity contribution is 6.07. The average molecular weight is 752 g/mol. The Labute approximate surface area is 342 Å². The minimum atomic E-state index is -0.0513. The molecular formula is C56H49NO. The monoisotopic (exact) mass is 751 g/mol. The predicted octanol–water partition coefficient (Wildman–Crippen LogP) is 16.6. The molecule has 1 aromatic heterocycles. The second kappa shape index (κ2) is 14.8. The molecule has 0 N–H and O–H groups in total. The molecule has 2 heteroatoms. The molecule has 1 saturated carbocycles. The number of rotatable bonds is 7. The standard InChI is InChI=1S/C56H49NO/c1-56(2,3)43-32-33-45(38-17-6-4-7-18-38)52(37-43)57(44-24-14-23-41(35-44)42-31-34-54-50(36-42)48-26-11-13-30-53(48)58-54)51-29-12-10-25-47(51)49-28-16-22-40-21-15-27-46(55(40)49)39-19-8-5-9-20-39/h4,6-7,10-18,21-37,39H,5,8-9,19-20H2,1-3H3. The second-order valence-corrected chi connectivity index (χ2v) is 17.1. The van der Waals surface area contributed by atoms with E-state index in [1.165, 1.54) is 76.3 Å². The fourth-order valence-corrected chi connectivity index (χ4v) is 9.43. The van der Waals surface area contributed by atoms with Crippen LogP contribution in [0.4, 0.5) is 17.1 Å². The van der Waals surface area contributed by atoms with E-state index in [4.69, 9.17) is 4.42 Å². The smallest absolute Gasteiger partial charge is 0.135 e. The van der Waals surface area contributed by atoms with Crippen LogP contribution in [0.3, 0.4) is 0 Å². The maximum Gasteiger partial charge on any atom is 0.135 e. The zero-order valence-corrected chi connectivity index (χ0v) is 33.7. The lowest BCUT2D eigenvalue weighted by atomic mass is 9.80. The van der Waals surface area contributed by atoms with Gasteiger partial charge < -0.3 is 9.32 Å². The van der Waals surface area contributed by atoms with E-state index in [1.54, 1.807) is 0 Å². The van der Waals surface area contributed by atoms with Gasteiger partial charge in [-0.3, -0.25) is 0 Å². The molecule has 2 nitrogen and oxygen atoms in total. The van der Waals surface area contributed by atoms with E-state index in [0.29, 0.717) is 5.92 Å². The van der Waals surface area contributed by atoms with Crippen LogP contribution in [0.1, 0.15) is 69.9 Å². The zero-order chi connectivity index (χ0) is 39.2. The minimum Gasteiger partial charge on any atom is -0.456 e. The molecule has 1 heterocycles. The number of fused-ring (bicyclic) bond motifs is 4. The van der Waals surface area contributed by atoms with E-state index < -0.39 is 0 Å². The molecule has 0 bridgehead atoms. The first kappa shape index (κ1) is 36.0. The van der Waals surface area contributed by atoms with Crippen molar-refractivity contribution in [3.63, 3.8) is 0 Å². The van der Waals surface area contributed by atoms with Crippen LogP contribution in [0.2, 0.25) is 0 Å². The minimum absolute atomic E-state index is 0.0513. The highest BCUT2D eigenvalue weighted by atomic mass is 16.3. The number of nitrogens with zero attached hydrogens (tertiary/aromatic N) is 1. The maximum absolute atomic E-state index is 6.24. The summed E-state index contributed by atoms with van der Waals surface area (Å²) in [5, 5.41) is 4.98. The first-order valence-corrected chi connectivity index (χ1v) is 21.0. The van der Waals surface area contributed by atoms with Crippen molar-refractivity contribution in [1.82, 2.24) is 0 Å². The molecule has 284 valence electrons. The van der Waals surface area contributed by atoms with Gasteiger partial charge in [0.25, 0.3) is 0 Å². The van der Waals surface area contributed by atoms with Crippen molar-refractivity contribution < 1.29 is 4.42 Å². The highest BCUT2D eigenvalue weighted by Gasteiger charge is 2.26. The molecule has 9 aromatic rings. The summed E-state index contributed by atoms with van der Waals surface area (Å²) < 4.78 is 6.24. The van der Waals surface area contributed by atoms with Crippen molar-refractivity contribution in [3.8, 4) is 33.4 Å². The summed E-state index contributed by atoms with van der Waals surface area (Å²) in [6.45, 7) is 6.93. The Bertz CT molecular complexity index is 2920. The fourth-order valence-electron chi connectivity index (χ4n) is 9.43. The van der Waals surface area contributed by atoms with Crippen LogP contribution in [0.25, 0.3) is 66.1 Å². The van der Waals surface area contributed by atoms with Crippen molar-refractivity contribution in [2.75, 3.05) is 4.90 Å². The fraction of sp³-hybridized carbons (Fsp3) is 0.179. The Morgan fingerprint density at radius 3 is 2.02 bits per heavy atom. The van der Waals surface area contributed by atoms with E-state index in [2.05, 4.69) is 196 Å². The van der Waals surface area contributed by atoms with Gasteiger partial charge in [0.2, 0.25) is 0 Å². The molecule has 10 rings (SSSR count). The van der Waals surface area contributed by atoms with Crippen LogP contribution < -0.4 is 4.90 Å². The van der Waals surface area contributed by atoms with Crippen LogP contribution >= 0.6 is 0 Å². The summed E-state index contributed by atoms with van der Waals surface area (Å²) in [5.41, 5.74) is 15.2. The topological polar surface area (TPSA) is 16.4 Å². The van der Waals surface area contributed by atoms with Gasteiger partial charge in [0.15, 0.2) is 0 Å². The summed E-state index contributed by atoms with van der Waals surface area (Å²) in [4.78, 5) is 2.53. The van der Waals surface area contributed by atoms with E-state index >= 15 is 0 Å². The Morgan fingerprint density at radius 2 is 1.17 bits per heavy atom. The second-order valence-electron chi connectivity index (χ2n) is 17.1. The first-order chi connectivity index (χ1) is 28.4. The van der Waals surface area contributed by atoms with E-state index in [-0.39, 0.29) is 5.41 Å². The number of furan rings is 1. The molecule has 58 heavy (non-hydrogen) atoms. The molecule has 0 saturated heterocycles. The van der Waals surface area contributed by atoms with E-state index in [9.17, 15) is 0 Å². The molecule has 1 aliphatic carbocycles. The molecule has 1 fully saturated rings. The molecule has 0 spiro atoms. The quantitative estimate of drug-likeness (QED) is 0.161. The number of hydrogen-bond acceptors (Lipinski definition) is 2. The molecule has 0 aliphatic heterocycles. The Morgan fingerprint density at radius 1 is 0.483 bits per heavy atom. The van der Waals surface area contributed by atoms with Crippen molar-refractivity contribution in [3.05, 3.63) is 187 Å². The number of benzene rings is 8. The SMILES string of the molecule is CC(C)(C)c1ccc(-c2ccccc2)c(N(c2cccc(-c3ccc4oc5ccccc5c4c3)c2)c2ccccc2-c2cccc3cccc(C4CCCCC4)c23)c1. The van der Waals surface area contributed by atoms with Crippen LogP contribution in [-0.4, -0.2) is 0 Å². The summed E-state index contributed by atoms with van der Waals surface area (Å²) in [5.74, 6) is 0.580. The third-order valence-corrected chi connectivity index (χ3v) is 12.4. The summed E-state index contributed by atoms with van der Waals surface area (Å²) in [6, 6.07) is 65.0. The molecule has 1 aliphatic rings. The van der Waals surface area contributed by atoms with Crippen molar-refractivity contribution in [2.45, 2.75) is 64.2 Å². The van der Waals surface area contributed by atoms with Crippen molar-refractivity contribution >= 4 is 49.8 Å². The van der Waals surface area contributed by atoms with Gasteiger partial charge in [-0.25, -0.2) is 0 Å². The molecule has 0 amide bonds. The van der Waals surface area contributed by atoms with Gasteiger partial charge >= 0.3 is 0 Å². The Hall–Kier alpha value is -6.38. The average Bonchev–Trinajstić information content (AvgIpc) is 3.65. The van der Waals surface area contributed by atoms with Crippen LogP contribution in [0, 0.1) is 0 Å². The van der Waals surface area contributed by atoms with Gasteiger partial charge in [-0.05, 0) is 111 Å². The van der Waals surface area contributed by atoms with E-state index in [1.807, 2.05) is 6.07 Å². The molecule has 0 atom stereocenters. The predicted molar refractivity (Wildman–Crippen MR) is 247 cm³/mol. The number of anilines is 3. The van der Waals surface area contributed by atoms with Crippen molar-refractivity contribution in [1.29, 1.82) is 0 Å². The van der Waals surface area contributed by atoms with Gasteiger partial charge in [-0.15, -0.1) is 0 Å². The number of hydrogen-bond donors (Lipinski definition) is 0. The van der Waals surface area contributed by atoms with Gasteiger partial charge in [-0.1, -0.05) is 173 Å².